The van der Waals surface area contributed by atoms with Crippen molar-refractivity contribution in [1.29, 1.82) is 0 Å². The minimum atomic E-state index is -0.482. The van der Waals surface area contributed by atoms with E-state index >= 15 is 0 Å². The molecule has 6 heteroatoms. The number of carbonyl (C=O) groups is 2. The van der Waals surface area contributed by atoms with E-state index in [-0.39, 0.29) is 30.5 Å². The summed E-state index contributed by atoms with van der Waals surface area (Å²) in [7, 11) is 0. The largest absolute Gasteiger partial charge is 0.352 e. The van der Waals surface area contributed by atoms with Gasteiger partial charge in [0, 0.05) is 24.5 Å². The van der Waals surface area contributed by atoms with E-state index in [1.807, 2.05) is 12.1 Å². The van der Waals surface area contributed by atoms with E-state index in [1.165, 1.54) is 11.0 Å². The highest BCUT2D eigenvalue weighted by molar-refractivity contribution is 6.30. The van der Waals surface area contributed by atoms with Crippen LogP contribution in [0.1, 0.15) is 12.0 Å². The summed E-state index contributed by atoms with van der Waals surface area (Å²) < 4.78 is 13.8. The predicted octanol–water partition coefficient (Wildman–Crippen LogP) is 3.15. The van der Waals surface area contributed by atoms with E-state index in [2.05, 4.69) is 5.32 Å². The summed E-state index contributed by atoms with van der Waals surface area (Å²) in [5.41, 5.74) is 1.14. The summed E-state index contributed by atoms with van der Waals surface area (Å²) in [5.74, 6) is -1.40. The number of halogens is 2. The summed E-state index contributed by atoms with van der Waals surface area (Å²) in [5, 5.41) is 3.44. The Morgan fingerprint density at radius 1 is 1.21 bits per heavy atom. The molecule has 4 nitrogen and oxygen atoms in total. The molecule has 0 bridgehead atoms. The van der Waals surface area contributed by atoms with E-state index in [4.69, 9.17) is 11.6 Å². The molecule has 1 atom stereocenters. The molecule has 1 fully saturated rings. The molecule has 1 heterocycles. The minimum absolute atomic E-state index is 0.0841. The predicted molar refractivity (Wildman–Crippen MR) is 90.2 cm³/mol. The summed E-state index contributed by atoms with van der Waals surface area (Å²) in [6, 6.07) is 13.2. The average Bonchev–Trinajstić information content (AvgIpc) is 2.96. The number of anilines is 1. The highest BCUT2D eigenvalue weighted by atomic mass is 35.5. The zero-order valence-corrected chi connectivity index (χ0v) is 13.6. The van der Waals surface area contributed by atoms with Crippen LogP contribution in [0.3, 0.4) is 0 Å². The van der Waals surface area contributed by atoms with Crippen molar-refractivity contribution in [3.8, 4) is 0 Å². The van der Waals surface area contributed by atoms with Gasteiger partial charge in [-0.15, -0.1) is 0 Å². The van der Waals surface area contributed by atoms with E-state index < -0.39 is 11.7 Å². The Balaban J connectivity index is 1.62. The maximum absolute atomic E-state index is 13.8. The van der Waals surface area contributed by atoms with E-state index in [0.29, 0.717) is 11.6 Å². The topological polar surface area (TPSA) is 49.4 Å². The van der Waals surface area contributed by atoms with Gasteiger partial charge in [-0.25, -0.2) is 4.39 Å². The number of hydrogen-bond acceptors (Lipinski definition) is 2. The fourth-order valence-corrected chi connectivity index (χ4v) is 2.85. The van der Waals surface area contributed by atoms with Crippen molar-refractivity contribution in [2.45, 2.75) is 13.0 Å². The number of amides is 2. The molecule has 2 aromatic carbocycles. The second kappa shape index (κ2) is 7.01. The molecule has 0 spiro atoms. The van der Waals surface area contributed by atoms with E-state index in [1.54, 1.807) is 30.3 Å². The van der Waals surface area contributed by atoms with Gasteiger partial charge in [0.25, 0.3) is 0 Å². The monoisotopic (exact) mass is 346 g/mol. The van der Waals surface area contributed by atoms with Gasteiger partial charge in [-0.2, -0.15) is 0 Å². The van der Waals surface area contributed by atoms with Crippen molar-refractivity contribution in [2.24, 2.45) is 5.92 Å². The van der Waals surface area contributed by atoms with Gasteiger partial charge in [-0.1, -0.05) is 35.9 Å². The molecule has 0 aliphatic carbocycles. The third kappa shape index (κ3) is 3.57. The van der Waals surface area contributed by atoms with Crippen LogP contribution in [0.15, 0.2) is 48.5 Å². The highest BCUT2D eigenvalue weighted by Gasteiger charge is 2.35. The van der Waals surface area contributed by atoms with Crippen LogP contribution in [-0.4, -0.2) is 18.4 Å². The Kier molecular flexibility index (Phi) is 4.81. The maximum Gasteiger partial charge on any atom is 0.227 e. The van der Waals surface area contributed by atoms with Gasteiger partial charge in [-0.05, 0) is 29.8 Å². The van der Waals surface area contributed by atoms with Gasteiger partial charge < -0.3 is 10.2 Å². The maximum atomic E-state index is 13.8. The number of para-hydroxylation sites is 1. The zero-order chi connectivity index (χ0) is 17.1. The molecule has 24 heavy (non-hydrogen) atoms. The highest BCUT2D eigenvalue weighted by Crippen LogP contribution is 2.27. The van der Waals surface area contributed by atoms with E-state index in [9.17, 15) is 14.0 Å². The van der Waals surface area contributed by atoms with Gasteiger partial charge in [-0.3, -0.25) is 9.59 Å². The molecule has 2 amide bonds. The van der Waals surface area contributed by atoms with Gasteiger partial charge in [0.05, 0.1) is 11.6 Å². The lowest BCUT2D eigenvalue weighted by atomic mass is 10.1. The quantitative estimate of drug-likeness (QED) is 0.924. The molecule has 1 aliphatic heterocycles. The van der Waals surface area contributed by atoms with Crippen LogP contribution in [0.2, 0.25) is 5.02 Å². The Hall–Kier alpha value is -2.40. The Bertz CT molecular complexity index is 764. The summed E-state index contributed by atoms with van der Waals surface area (Å²) in [4.78, 5) is 25.7. The van der Waals surface area contributed by atoms with Crippen LogP contribution in [0.25, 0.3) is 0 Å². The lowest BCUT2D eigenvalue weighted by molar-refractivity contribution is -0.126. The third-order valence-electron chi connectivity index (χ3n) is 4.02. The van der Waals surface area contributed by atoms with Crippen LogP contribution >= 0.6 is 11.6 Å². The molecule has 0 unspecified atom stereocenters. The number of hydrogen-bond donors (Lipinski definition) is 1. The van der Waals surface area contributed by atoms with Gasteiger partial charge in [0.15, 0.2) is 0 Å². The lowest BCUT2D eigenvalue weighted by Crippen LogP contribution is -2.32. The summed E-state index contributed by atoms with van der Waals surface area (Å²) in [6.07, 6.45) is 0.0841. The molecular formula is C18H16ClFN2O2. The first kappa shape index (κ1) is 16.5. The number of rotatable bonds is 4. The van der Waals surface area contributed by atoms with Crippen molar-refractivity contribution in [3.63, 3.8) is 0 Å². The molecule has 3 rings (SSSR count). The van der Waals surface area contributed by atoms with Gasteiger partial charge >= 0.3 is 0 Å². The first-order valence-electron chi connectivity index (χ1n) is 7.61. The normalized spacial score (nSPS) is 17.2. The zero-order valence-electron chi connectivity index (χ0n) is 12.8. The third-order valence-corrected chi connectivity index (χ3v) is 4.27. The lowest BCUT2D eigenvalue weighted by Gasteiger charge is -2.17. The first-order chi connectivity index (χ1) is 11.5. The fourth-order valence-electron chi connectivity index (χ4n) is 2.72. The van der Waals surface area contributed by atoms with Crippen molar-refractivity contribution < 1.29 is 14.0 Å². The van der Waals surface area contributed by atoms with Crippen molar-refractivity contribution in [2.75, 3.05) is 11.4 Å². The second-order valence-corrected chi connectivity index (χ2v) is 6.14. The smallest absolute Gasteiger partial charge is 0.227 e. The van der Waals surface area contributed by atoms with Gasteiger partial charge in [0.2, 0.25) is 11.8 Å². The molecule has 0 aromatic heterocycles. The second-order valence-electron chi connectivity index (χ2n) is 5.70. The van der Waals surface area contributed by atoms with Crippen LogP contribution in [0, 0.1) is 11.7 Å². The van der Waals surface area contributed by atoms with Crippen LogP contribution in [-0.2, 0) is 16.1 Å². The van der Waals surface area contributed by atoms with Gasteiger partial charge in [0.1, 0.15) is 5.82 Å². The molecule has 2 aromatic rings. The van der Waals surface area contributed by atoms with Crippen molar-refractivity contribution >= 4 is 29.1 Å². The number of nitrogens with zero attached hydrogens (tertiary/aromatic N) is 1. The number of benzene rings is 2. The Morgan fingerprint density at radius 3 is 2.62 bits per heavy atom. The van der Waals surface area contributed by atoms with Crippen LogP contribution < -0.4 is 10.2 Å². The number of carbonyl (C=O) groups excluding carboxylic acids is 2. The van der Waals surface area contributed by atoms with Crippen molar-refractivity contribution in [3.05, 3.63) is 64.9 Å². The summed E-state index contributed by atoms with van der Waals surface area (Å²) in [6.45, 7) is 0.548. The molecule has 1 aliphatic rings. The van der Waals surface area contributed by atoms with Crippen molar-refractivity contribution in [1.82, 2.24) is 5.32 Å². The molecule has 1 saturated heterocycles. The molecule has 0 radical (unpaired) electrons. The Morgan fingerprint density at radius 2 is 1.92 bits per heavy atom. The standard InChI is InChI=1S/C18H16ClFN2O2/c19-14-7-5-12(6-8-14)10-21-18(24)13-9-17(23)22(11-13)16-4-2-1-3-15(16)20/h1-8,13H,9-11H2,(H,21,24)/t13-/m0/s1. The molecular weight excluding hydrogens is 331 g/mol. The molecule has 124 valence electrons. The minimum Gasteiger partial charge on any atom is -0.352 e. The summed E-state index contributed by atoms with van der Waals surface area (Å²) >= 11 is 5.82. The van der Waals surface area contributed by atoms with Crippen LogP contribution in [0.4, 0.5) is 10.1 Å². The molecule has 0 saturated carbocycles. The fraction of sp³-hybridized carbons (Fsp3) is 0.222. The Labute approximate surface area is 144 Å². The molecule has 1 N–H and O–H groups in total. The first-order valence-corrected chi connectivity index (χ1v) is 7.99. The average molecular weight is 347 g/mol. The SMILES string of the molecule is O=C(NCc1ccc(Cl)cc1)[C@H]1CC(=O)N(c2ccccc2F)C1. The van der Waals surface area contributed by atoms with E-state index in [0.717, 1.165) is 5.56 Å². The van der Waals surface area contributed by atoms with Crippen LogP contribution in [0.5, 0.6) is 0 Å². The number of nitrogens with one attached hydrogen (secondary N) is 1.